The highest BCUT2D eigenvalue weighted by molar-refractivity contribution is 5.43. The molecule has 5 nitrogen and oxygen atoms in total. The number of benzene rings is 1. The molecule has 2 aliphatic rings. The Morgan fingerprint density at radius 1 is 1.35 bits per heavy atom. The van der Waals surface area contributed by atoms with Crippen LogP contribution in [0.2, 0.25) is 0 Å². The van der Waals surface area contributed by atoms with Gasteiger partial charge in [0.15, 0.2) is 0 Å². The number of likely N-dealkylation sites (tertiary alicyclic amines) is 1. The predicted molar refractivity (Wildman–Crippen MR) is 77.7 cm³/mol. The van der Waals surface area contributed by atoms with Gasteiger partial charge < -0.3 is 5.32 Å². The fraction of sp³-hybridized carbons (Fsp3) is 0.600. The van der Waals surface area contributed by atoms with Gasteiger partial charge in [0, 0.05) is 30.8 Å². The van der Waals surface area contributed by atoms with E-state index in [1.54, 1.807) is 13.0 Å². The maximum atomic E-state index is 11.1. The first-order valence-electron chi connectivity index (χ1n) is 7.26. The third-order valence-corrected chi connectivity index (χ3v) is 4.88. The van der Waals surface area contributed by atoms with Gasteiger partial charge in [0.2, 0.25) is 0 Å². The number of hydrogen-bond acceptors (Lipinski definition) is 4. The van der Waals surface area contributed by atoms with E-state index >= 15 is 0 Å². The lowest BCUT2D eigenvalue weighted by Gasteiger charge is -2.25. The fourth-order valence-electron chi connectivity index (χ4n) is 3.50. The zero-order chi connectivity index (χ0) is 14.3. The number of nitro groups is 1. The first-order valence-corrected chi connectivity index (χ1v) is 7.26. The Balaban J connectivity index is 1.79. The van der Waals surface area contributed by atoms with E-state index in [-0.39, 0.29) is 16.7 Å². The molecular formula is C15H21N3O2. The molecule has 0 saturated carbocycles. The van der Waals surface area contributed by atoms with E-state index in [4.69, 9.17) is 0 Å². The zero-order valence-electron chi connectivity index (χ0n) is 12.0. The van der Waals surface area contributed by atoms with Gasteiger partial charge in [-0.25, -0.2) is 0 Å². The van der Waals surface area contributed by atoms with E-state index in [2.05, 4.69) is 17.1 Å². The van der Waals surface area contributed by atoms with Crippen LogP contribution < -0.4 is 5.32 Å². The van der Waals surface area contributed by atoms with Crippen LogP contribution in [0.5, 0.6) is 0 Å². The number of nitrogens with zero attached hydrogens (tertiary/aromatic N) is 2. The van der Waals surface area contributed by atoms with Crippen LogP contribution in [-0.4, -0.2) is 36.0 Å². The number of aryl methyl sites for hydroxylation is 1. The number of nitro benzene ring substituents is 1. The summed E-state index contributed by atoms with van der Waals surface area (Å²) in [6.07, 6.45) is 0. The standard InChI is InChI=1S/C15H21N3O2/c1-10-3-4-12(5-15(10)18(19)20)11(2)17-8-13-6-16-7-14(13)9-17/h3-5,11,13-14,16H,6-9H2,1-2H3/t11?,13-,14+. The summed E-state index contributed by atoms with van der Waals surface area (Å²) in [4.78, 5) is 13.2. The van der Waals surface area contributed by atoms with Gasteiger partial charge in [0.25, 0.3) is 5.69 Å². The van der Waals surface area contributed by atoms with Crippen molar-refractivity contribution in [2.75, 3.05) is 26.2 Å². The highest BCUT2D eigenvalue weighted by atomic mass is 16.6. The second kappa shape index (κ2) is 5.14. The largest absolute Gasteiger partial charge is 0.316 e. The second-order valence-corrected chi connectivity index (χ2v) is 6.11. The molecule has 0 aliphatic carbocycles. The quantitative estimate of drug-likeness (QED) is 0.678. The molecule has 5 heteroatoms. The molecule has 2 fully saturated rings. The molecule has 1 aromatic rings. The molecule has 0 spiro atoms. The van der Waals surface area contributed by atoms with Crippen molar-refractivity contribution in [2.45, 2.75) is 19.9 Å². The summed E-state index contributed by atoms with van der Waals surface area (Å²) in [6.45, 7) is 8.37. The fourth-order valence-corrected chi connectivity index (χ4v) is 3.50. The van der Waals surface area contributed by atoms with Crippen LogP contribution in [0.1, 0.15) is 24.1 Å². The Morgan fingerprint density at radius 3 is 2.60 bits per heavy atom. The first-order chi connectivity index (χ1) is 9.56. The lowest BCUT2D eigenvalue weighted by Crippen LogP contribution is -2.28. The molecule has 0 amide bonds. The van der Waals surface area contributed by atoms with E-state index in [1.165, 1.54) is 0 Å². The van der Waals surface area contributed by atoms with Crippen molar-refractivity contribution in [2.24, 2.45) is 11.8 Å². The third-order valence-electron chi connectivity index (χ3n) is 4.88. The van der Waals surface area contributed by atoms with Crippen molar-refractivity contribution in [3.8, 4) is 0 Å². The second-order valence-electron chi connectivity index (χ2n) is 6.11. The number of rotatable bonds is 3. The molecule has 2 heterocycles. The van der Waals surface area contributed by atoms with Crippen LogP contribution in [-0.2, 0) is 0 Å². The van der Waals surface area contributed by atoms with Gasteiger partial charge in [-0.15, -0.1) is 0 Å². The van der Waals surface area contributed by atoms with Crippen LogP contribution >= 0.6 is 0 Å². The molecule has 2 saturated heterocycles. The van der Waals surface area contributed by atoms with E-state index in [0.717, 1.165) is 49.1 Å². The van der Waals surface area contributed by atoms with Gasteiger partial charge in [0.1, 0.15) is 0 Å². The normalized spacial score (nSPS) is 27.5. The minimum Gasteiger partial charge on any atom is -0.316 e. The van der Waals surface area contributed by atoms with Crippen molar-refractivity contribution in [3.63, 3.8) is 0 Å². The summed E-state index contributed by atoms with van der Waals surface area (Å²) >= 11 is 0. The van der Waals surface area contributed by atoms with Gasteiger partial charge in [-0.1, -0.05) is 12.1 Å². The maximum absolute atomic E-state index is 11.1. The first kappa shape index (κ1) is 13.5. The molecule has 0 bridgehead atoms. The van der Waals surface area contributed by atoms with Gasteiger partial charge in [-0.3, -0.25) is 15.0 Å². The highest BCUT2D eigenvalue weighted by Gasteiger charge is 2.38. The maximum Gasteiger partial charge on any atom is 0.272 e. The Bertz CT molecular complexity index is 520. The zero-order valence-corrected chi connectivity index (χ0v) is 12.0. The number of nitrogens with one attached hydrogen (secondary N) is 1. The minimum atomic E-state index is -0.284. The Hall–Kier alpha value is -1.46. The Morgan fingerprint density at radius 2 is 2.00 bits per heavy atom. The van der Waals surface area contributed by atoms with Crippen molar-refractivity contribution < 1.29 is 4.92 Å². The predicted octanol–water partition coefficient (Wildman–Crippen LogP) is 2.12. The summed E-state index contributed by atoms with van der Waals surface area (Å²) in [5.41, 5.74) is 2.01. The topological polar surface area (TPSA) is 58.4 Å². The summed E-state index contributed by atoms with van der Waals surface area (Å²) in [5.74, 6) is 1.50. The lowest BCUT2D eigenvalue weighted by molar-refractivity contribution is -0.385. The molecule has 3 atom stereocenters. The monoisotopic (exact) mass is 275 g/mol. The summed E-state index contributed by atoms with van der Waals surface area (Å²) in [7, 11) is 0. The minimum absolute atomic E-state index is 0.232. The van der Waals surface area contributed by atoms with Crippen molar-refractivity contribution >= 4 is 5.69 Å². The molecule has 1 unspecified atom stereocenters. The lowest BCUT2D eigenvalue weighted by atomic mass is 10.0. The van der Waals surface area contributed by atoms with Crippen LogP contribution in [0.25, 0.3) is 0 Å². The SMILES string of the molecule is Cc1ccc(C(C)N2C[C@H]3CNC[C@H]3C2)cc1[N+](=O)[O-]. The van der Waals surface area contributed by atoms with E-state index in [0.29, 0.717) is 0 Å². The third kappa shape index (κ3) is 2.31. The summed E-state index contributed by atoms with van der Waals surface area (Å²) in [5, 5.41) is 14.5. The Labute approximate surface area is 119 Å². The molecule has 0 radical (unpaired) electrons. The molecule has 1 N–H and O–H groups in total. The average Bonchev–Trinajstić information content (AvgIpc) is 2.98. The van der Waals surface area contributed by atoms with Gasteiger partial charge >= 0.3 is 0 Å². The molecule has 20 heavy (non-hydrogen) atoms. The average molecular weight is 275 g/mol. The molecule has 3 rings (SSSR count). The molecule has 108 valence electrons. The number of hydrogen-bond donors (Lipinski definition) is 1. The van der Waals surface area contributed by atoms with E-state index in [9.17, 15) is 10.1 Å². The highest BCUT2D eigenvalue weighted by Crippen LogP contribution is 2.34. The van der Waals surface area contributed by atoms with E-state index in [1.807, 2.05) is 12.1 Å². The molecule has 0 aromatic heterocycles. The Kier molecular flexibility index (Phi) is 3.48. The van der Waals surface area contributed by atoms with Crippen molar-refractivity contribution in [3.05, 3.63) is 39.4 Å². The smallest absolute Gasteiger partial charge is 0.272 e. The van der Waals surface area contributed by atoms with Gasteiger partial charge in [-0.05, 0) is 44.3 Å². The van der Waals surface area contributed by atoms with Gasteiger partial charge in [-0.2, -0.15) is 0 Å². The molecule has 1 aromatic carbocycles. The summed E-state index contributed by atoms with van der Waals surface area (Å²) in [6, 6.07) is 5.88. The van der Waals surface area contributed by atoms with E-state index < -0.39 is 0 Å². The van der Waals surface area contributed by atoms with Crippen molar-refractivity contribution in [1.29, 1.82) is 0 Å². The van der Waals surface area contributed by atoms with Crippen LogP contribution in [0.3, 0.4) is 0 Å². The number of fused-ring (bicyclic) bond motifs is 1. The summed E-state index contributed by atoms with van der Waals surface area (Å²) < 4.78 is 0. The van der Waals surface area contributed by atoms with Gasteiger partial charge in [0.05, 0.1) is 4.92 Å². The molecular weight excluding hydrogens is 254 g/mol. The van der Waals surface area contributed by atoms with Crippen molar-refractivity contribution in [1.82, 2.24) is 10.2 Å². The van der Waals surface area contributed by atoms with Crippen LogP contribution in [0.15, 0.2) is 18.2 Å². The van der Waals surface area contributed by atoms with Crippen LogP contribution in [0, 0.1) is 28.9 Å². The van der Waals surface area contributed by atoms with Crippen LogP contribution in [0.4, 0.5) is 5.69 Å². The molecule has 2 aliphatic heterocycles.